The molecule has 0 amide bonds. The Kier molecular flexibility index (Phi) is 5.38. The van der Waals surface area contributed by atoms with E-state index in [0.717, 1.165) is 5.56 Å². The zero-order valence-corrected chi connectivity index (χ0v) is 16.4. The monoisotopic (exact) mass is 389 g/mol. The molecule has 27 heavy (non-hydrogen) atoms. The van der Waals surface area contributed by atoms with Crippen molar-refractivity contribution < 1.29 is 5.11 Å². The van der Waals surface area contributed by atoms with E-state index in [1.54, 1.807) is 26.2 Å². The zero-order chi connectivity index (χ0) is 19.6. The highest BCUT2D eigenvalue weighted by Gasteiger charge is 2.15. The number of aliphatic hydroxyl groups is 1. The van der Waals surface area contributed by atoms with E-state index in [1.165, 1.54) is 0 Å². The number of nitrogens with zero attached hydrogens (tertiary/aromatic N) is 4. The number of benzene rings is 1. The molecule has 144 valence electrons. The van der Waals surface area contributed by atoms with Gasteiger partial charge in [-0.25, -0.2) is 4.98 Å². The van der Waals surface area contributed by atoms with Gasteiger partial charge in [-0.3, -0.25) is 0 Å². The van der Waals surface area contributed by atoms with Gasteiger partial charge in [0.25, 0.3) is 0 Å². The summed E-state index contributed by atoms with van der Waals surface area (Å²) in [5.74, 6) is 1.07. The fourth-order valence-corrected chi connectivity index (χ4v) is 2.80. The van der Waals surface area contributed by atoms with Gasteiger partial charge in [0.1, 0.15) is 0 Å². The minimum Gasteiger partial charge on any atom is -0.397 e. The molecule has 0 unspecified atom stereocenters. The van der Waals surface area contributed by atoms with E-state index >= 15 is 0 Å². The molecule has 0 bridgehead atoms. The molecule has 0 spiro atoms. The van der Waals surface area contributed by atoms with Crippen LogP contribution in [0.3, 0.4) is 0 Å². The Morgan fingerprint density at radius 1 is 1.26 bits per heavy atom. The van der Waals surface area contributed by atoms with Crippen LogP contribution >= 0.6 is 11.6 Å². The number of nitrogen functional groups attached to an aromatic ring is 1. The largest absolute Gasteiger partial charge is 0.397 e. The second kappa shape index (κ2) is 7.58. The standard InChI is InChI=1S/C18H24ClN7O/c1-18(2,27)7-8-21-17-24-15(14-16(25-17)26(3)10-23-14)22-9-11-5-4-6-12(19)13(11)20/h4-6,10,27H,7-9,20H2,1-3H3,(H2,21,22,24,25). The summed E-state index contributed by atoms with van der Waals surface area (Å²) in [5, 5.41) is 16.8. The quantitative estimate of drug-likeness (QED) is 0.459. The first-order valence-corrected chi connectivity index (χ1v) is 9.04. The average molecular weight is 390 g/mol. The van der Waals surface area contributed by atoms with Crippen LogP contribution in [0.5, 0.6) is 0 Å². The first kappa shape index (κ1) is 19.2. The number of imidazole rings is 1. The summed E-state index contributed by atoms with van der Waals surface area (Å²) in [6.45, 7) is 4.54. The number of para-hydroxylation sites is 1. The first-order valence-electron chi connectivity index (χ1n) is 8.66. The van der Waals surface area contributed by atoms with Gasteiger partial charge in [-0.1, -0.05) is 23.7 Å². The van der Waals surface area contributed by atoms with Gasteiger partial charge in [0.05, 0.1) is 22.6 Å². The van der Waals surface area contributed by atoms with Crippen molar-refractivity contribution in [3.8, 4) is 0 Å². The number of aromatic nitrogens is 4. The first-order chi connectivity index (χ1) is 12.7. The number of nitrogens with two attached hydrogens (primary N) is 1. The van der Waals surface area contributed by atoms with Crippen LogP contribution in [0, 0.1) is 0 Å². The van der Waals surface area contributed by atoms with Gasteiger partial charge in [0.15, 0.2) is 17.0 Å². The number of nitrogens with one attached hydrogen (secondary N) is 2. The lowest BCUT2D eigenvalue weighted by molar-refractivity contribution is 0.0748. The number of halogens is 1. The Hall–Kier alpha value is -2.58. The molecule has 0 aliphatic rings. The van der Waals surface area contributed by atoms with Gasteiger partial charge in [-0.05, 0) is 31.9 Å². The molecule has 1 aromatic carbocycles. The molecule has 0 atom stereocenters. The summed E-state index contributed by atoms with van der Waals surface area (Å²) in [5.41, 5.74) is 8.08. The third kappa shape index (κ3) is 4.58. The number of anilines is 3. The summed E-state index contributed by atoms with van der Waals surface area (Å²) in [6, 6.07) is 5.52. The van der Waals surface area contributed by atoms with Crippen molar-refractivity contribution in [1.82, 2.24) is 19.5 Å². The van der Waals surface area contributed by atoms with Crippen molar-refractivity contribution in [2.45, 2.75) is 32.4 Å². The average Bonchev–Trinajstić information content (AvgIpc) is 2.96. The fraction of sp³-hybridized carbons (Fsp3) is 0.389. The minimum absolute atomic E-state index is 0.457. The normalized spacial score (nSPS) is 11.7. The Balaban J connectivity index is 1.83. The molecule has 0 aliphatic carbocycles. The van der Waals surface area contributed by atoms with Crippen LogP contribution in [-0.2, 0) is 13.6 Å². The number of hydrogen-bond acceptors (Lipinski definition) is 7. The molecule has 0 saturated heterocycles. The second-order valence-corrected chi connectivity index (χ2v) is 7.49. The van der Waals surface area contributed by atoms with Gasteiger partial charge in [0, 0.05) is 20.1 Å². The van der Waals surface area contributed by atoms with E-state index in [9.17, 15) is 5.11 Å². The van der Waals surface area contributed by atoms with E-state index in [1.807, 2.05) is 23.7 Å². The van der Waals surface area contributed by atoms with E-state index in [-0.39, 0.29) is 0 Å². The third-order valence-corrected chi connectivity index (χ3v) is 4.50. The van der Waals surface area contributed by atoms with Gasteiger partial charge < -0.3 is 26.0 Å². The van der Waals surface area contributed by atoms with Crippen molar-refractivity contribution in [3.05, 3.63) is 35.1 Å². The van der Waals surface area contributed by atoms with E-state index in [4.69, 9.17) is 17.3 Å². The highest BCUT2D eigenvalue weighted by Crippen LogP contribution is 2.25. The Morgan fingerprint density at radius 2 is 2.04 bits per heavy atom. The van der Waals surface area contributed by atoms with Crippen LogP contribution in [0.25, 0.3) is 11.2 Å². The molecule has 2 aromatic heterocycles. The molecule has 0 aliphatic heterocycles. The fourth-order valence-electron chi connectivity index (χ4n) is 2.60. The molecule has 5 N–H and O–H groups in total. The summed E-state index contributed by atoms with van der Waals surface area (Å²) >= 11 is 6.09. The lowest BCUT2D eigenvalue weighted by Crippen LogP contribution is -2.23. The lowest BCUT2D eigenvalue weighted by Gasteiger charge is -2.17. The van der Waals surface area contributed by atoms with Gasteiger partial charge in [-0.15, -0.1) is 0 Å². The van der Waals surface area contributed by atoms with Crippen LogP contribution in [0.15, 0.2) is 24.5 Å². The number of aryl methyl sites for hydroxylation is 1. The van der Waals surface area contributed by atoms with Gasteiger partial charge in [0.2, 0.25) is 5.95 Å². The van der Waals surface area contributed by atoms with Crippen molar-refractivity contribution in [1.29, 1.82) is 0 Å². The Morgan fingerprint density at radius 3 is 2.78 bits per heavy atom. The van der Waals surface area contributed by atoms with Gasteiger partial charge in [-0.2, -0.15) is 9.97 Å². The zero-order valence-electron chi connectivity index (χ0n) is 15.6. The SMILES string of the molecule is Cn1cnc2c(NCc3cccc(Cl)c3N)nc(NCCC(C)(C)O)nc21. The topological polar surface area (TPSA) is 114 Å². The van der Waals surface area contributed by atoms with Crippen molar-refractivity contribution >= 4 is 40.2 Å². The lowest BCUT2D eigenvalue weighted by atomic mass is 10.1. The molecule has 0 fully saturated rings. The van der Waals surface area contributed by atoms with Gasteiger partial charge >= 0.3 is 0 Å². The highest BCUT2D eigenvalue weighted by molar-refractivity contribution is 6.33. The molecule has 0 saturated carbocycles. The molecule has 8 nitrogen and oxygen atoms in total. The Labute approximate surface area is 162 Å². The molecule has 3 rings (SSSR count). The Bertz CT molecular complexity index is 949. The molecule has 0 radical (unpaired) electrons. The van der Waals surface area contributed by atoms with Crippen molar-refractivity contribution in [3.63, 3.8) is 0 Å². The van der Waals surface area contributed by atoms with Crippen molar-refractivity contribution in [2.75, 3.05) is 22.9 Å². The smallest absolute Gasteiger partial charge is 0.226 e. The van der Waals surface area contributed by atoms with Crippen LogP contribution in [0.1, 0.15) is 25.8 Å². The van der Waals surface area contributed by atoms with Crippen LogP contribution in [-0.4, -0.2) is 36.8 Å². The molecular weight excluding hydrogens is 366 g/mol. The predicted octanol–water partition coefficient (Wildman–Crippen LogP) is 2.78. The second-order valence-electron chi connectivity index (χ2n) is 7.08. The predicted molar refractivity (Wildman–Crippen MR) is 109 cm³/mol. The summed E-state index contributed by atoms with van der Waals surface area (Å²) < 4.78 is 1.83. The number of fused-ring (bicyclic) bond motifs is 1. The molecular formula is C18H24ClN7O. The van der Waals surface area contributed by atoms with E-state index < -0.39 is 5.60 Å². The van der Waals surface area contributed by atoms with Crippen LogP contribution < -0.4 is 16.4 Å². The minimum atomic E-state index is -0.755. The maximum absolute atomic E-state index is 9.86. The molecule has 2 heterocycles. The van der Waals surface area contributed by atoms with Crippen LogP contribution in [0.4, 0.5) is 17.5 Å². The summed E-state index contributed by atoms with van der Waals surface area (Å²) in [4.78, 5) is 13.4. The van der Waals surface area contributed by atoms with E-state index in [0.29, 0.717) is 53.2 Å². The van der Waals surface area contributed by atoms with E-state index in [2.05, 4.69) is 25.6 Å². The highest BCUT2D eigenvalue weighted by atomic mass is 35.5. The molecule has 3 aromatic rings. The summed E-state index contributed by atoms with van der Waals surface area (Å²) in [7, 11) is 1.88. The number of rotatable bonds is 7. The number of hydrogen-bond donors (Lipinski definition) is 4. The van der Waals surface area contributed by atoms with Crippen LogP contribution in [0.2, 0.25) is 5.02 Å². The third-order valence-electron chi connectivity index (χ3n) is 4.17. The van der Waals surface area contributed by atoms with Crippen molar-refractivity contribution in [2.24, 2.45) is 7.05 Å². The maximum Gasteiger partial charge on any atom is 0.226 e. The maximum atomic E-state index is 9.86. The summed E-state index contributed by atoms with van der Waals surface area (Å²) in [6.07, 6.45) is 2.26. The molecule has 9 heteroatoms.